The van der Waals surface area contributed by atoms with Crippen LogP contribution in [0.4, 0.5) is 5.69 Å². The van der Waals surface area contributed by atoms with Gasteiger partial charge in [0, 0.05) is 12.7 Å². The van der Waals surface area contributed by atoms with Crippen LogP contribution in [0.5, 0.6) is 0 Å². The molecular formula is C9H14N4O2. The molecule has 0 radical (unpaired) electrons. The van der Waals surface area contributed by atoms with Crippen LogP contribution in [0.2, 0.25) is 0 Å². The Balaban J connectivity index is 2.20. The molecule has 2 rings (SSSR count). The summed E-state index contributed by atoms with van der Waals surface area (Å²) >= 11 is 0. The largest absolute Gasteiger partial charge is 0.396 e. The van der Waals surface area contributed by atoms with Crippen molar-refractivity contribution in [2.75, 3.05) is 18.9 Å². The van der Waals surface area contributed by atoms with Gasteiger partial charge in [0.15, 0.2) is 5.69 Å². The van der Waals surface area contributed by atoms with Gasteiger partial charge >= 0.3 is 0 Å². The maximum absolute atomic E-state index is 11.8. The number of nitrogens with zero attached hydrogens (tertiary/aromatic N) is 3. The van der Waals surface area contributed by atoms with E-state index in [1.165, 1.54) is 5.06 Å². The highest BCUT2D eigenvalue weighted by molar-refractivity contribution is 5.96. The van der Waals surface area contributed by atoms with Gasteiger partial charge in [-0.25, -0.2) is 5.06 Å². The lowest BCUT2D eigenvalue weighted by Crippen LogP contribution is -2.27. The number of carbonyl (C=O) groups is 1. The summed E-state index contributed by atoms with van der Waals surface area (Å²) in [4.78, 5) is 17.0. The van der Waals surface area contributed by atoms with Crippen LogP contribution in [0.15, 0.2) is 6.20 Å². The van der Waals surface area contributed by atoms with E-state index in [4.69, 9.17) is 10.6 Å². The molecule has 0 saturated carbocycles. The average molecular weight is 210 g/mol. The standard InChI is InChI=1S/C9H14N4O2/c1-2-12-6-7(10)8(11-12)9(14)13-4-3-5-15-13/h6H,2-5,10H2,1H3. The van der Waals surface area contributed by atoms with Crippen LogP contribution < -0.4 is 5.73 Å². The first-order valence-corrected chi connectivity index (χ1v) is 5.00. The summed E-state index contributed by atoms with van der Waals surface area (Å²) in [5.74, 6) is -0.253. The van der Waals surface area contributed by atoms with Gasteiger partial charge in [0.1, 0.15) is 0 Å². The lowest BCUT2D eigenvalue weighted by atomic mass is 10.3. The number of aromatic nitrogens is 2. The van der Waals surface area contributed by atoms with E-state index in [9.17, 15) is 4.79 Å². The topological polar surface area (TPSA) is 73.4 Å². The molecule has 1 saturated heterocycles. The van der Waals surface area contributed by atoms with Gasteiger partial charge in [-0.15, -0.1) is 0 Å². The molecule has 0 bridgehead atoms. The quantitative estimate of drug-likeness (QED) is 0.760. The van der Waals surface area contributed by atoms with Crippen molar-refractivity contribution < 1.29 is 9.63 Å². The molecule has 2 heterocycles. The van der Waals surface area contributed by atoms with Gasteiger partial charge in [-0.2, -0.15) is 5.10 Å². The van der Waals surface area contributed by atoms with E-state index in [1.54, 1.807) is 10.9 Å². The van der Waals surface area contributed by atoms with E-state index in [2.05, 4.69) is 5.10 Å². The molecule has 1 aliphatic heterocycles. The summed E-state index contributed by atoms with van der Waals surface area (Å²) in [7, 11) is 0. The summed E-state index contributed by atoms with van der Waals surface area (Å²) in [6.07, 6.45) is 2.52. The smallest absolute Gasteiger partial charge is 0.300 e. The van der Waals surface area contributed by atoms with Crippen LogP contribution in [-0.4, -0.2) is 33.9 Å². The van der Waals surface area contributed by atoms with Gasteiger partial charge in [0.2, 0.25) is 0 Å². The van der Waals surface area contributed by atoms with Gasteiger partial charge < -0.3 is 5.73 Å². The van der Waals surface area contributed by atoms with Gasteiger partial charge in [-0.1, -0.05) is 0 Å². The number of hydroxylamine groups is 2. The predicted molar refractivity (Wildman–Crippen MR) is 53.9 cm³/mol. The fourth-order valence-electron chi connectivity index (χ4n) is 1.49. The van der Waals surface area contributed by atoms with Crippen molar-refractivity contribution in [1.82, 2.24) is 14.8 Å². The Morgan fingerprint density at radius 3 is 3.07 bits per heavy atom. The Labute approximate surface area is 87.6 Å². The molecule has 0 unspecified atom stereocenters. The van der Waals surface area contributed by atoms with Gasteiger partial charge in [-0.3, -0.25) is 14.3 Å². The molecule has 6 nitrogen and oxygen atoms in total. The number of anilines is 1. The lowest BCUT2D eigenvalue weighted by Gasteiger charge is -2.11. The molecule has 1 aliphatic rings. The van der Waals surface area contributed by atoms with Crippen molar-refractivity contribution >= 4 is 11.6 Å². The van der Waals surface area contributed by atoms with Crippen molar-refractivity contribution in [2.24, 2.45) is 0 Å². The third-order valence-corrected chi connectivity index (χ3v) is 2.30. The summed E-state index contributed by atoms with van der Waals surface area (Å²) in [6, 6.07) is 0. The summed E-state index contributed by atoms with van der Waals surface area (Å²) in [5.41, 5.74) is 6.38. The number of hydrogen-bond donors (Lipinski definition) is 1. The Bertz CT molecular complexity index is 368. The molecule has 15 heavy (non-hydrogen) atoms. The predicted octanol–water partition coefficient (Wildman–Crippen LogP) is 0.263. The van der Waals surface area contributed by atoms with E-state index in [0.717, 1.165) is 6.42 Å². The number of aryl methyl sites for hydroxylation is 1. The van der Waals surface area contributed by atoms with Crippen LogP contribution in [0.3, 0.4) is 0 Å². The number of hydrogen-bond acceptors (Lipinski definition) is 4. The SMILES string of the molecule is CCn1cc(N)c(C(=O)N2CCCO2)n1. The third-order valence-electron chi connectivity index (χ3n) is 2.30. The van der Waals surface area contributed by atoms with Crippen LogP contribution in [0.1, 0.15) is 23.8 Å². The van der Waals surface area contributed by atoms with Crippen molar-refractivity contribution in [2.45, 2.75) is 19.9 Å². The second kappa shape index (κ2) is 3.90. The minimum absolute atomic E-state index is 0.253. The molecule has 1 aromatic heterocycles. The number of rotatable bonds is 2. The van der Waals surface area contributed by atoms with E-state index >= 15 is 0 Å². The molecule has 6 heteroatoms. The number of nitrogens with two attached hydrogens (primary N) is 1. The minimum atomic E-state index is -0.253. The summed E-state index contributed by atoms with van der Waals surface area (Å²) in [6.45, 7) is 3.82. The highest BCUT2D eigenvalue weighted by Crippen LogP contribution is 2.15. The Kier molecular flexibility index (Phi) is 2.59. The molecule has 1 fully saturated rings. The average Bonchev–Trinajstić information content (AvgIpc) is 2.85. The number of carbonyl (C=O) groups excluding carboxylic acids is 1. The fourth-order valence-corrected chi connectivity index (χ4v) is 1.49. The van der Waals surface area contributed by atoms with Crippen LogP contribution in [0, 0.1) is 0 Å². The minimum Gasteiger partial charge on any atom is -0.396 e. The van der Waals surface area contributed by atoms with E-state index in [-0.39, 0.29) is 11.6 Å². The monoisotopic (exact) mass is 210 g/mol. The first-order valence-electron chi connectivity index (χ1n) is 5.00. The van der Waals surface area contributed by atoms with Crippen LogP contribution in [-0.2, 0) is 11.4 Å². The molecule has 1 aromatic rings. The number of amides is 1. The highest BCUT2D eigenvalue weighted by Gasteiger charge is 2.25. The Morgan fingerprint density at radius 1 is 1.73 bits per heavy atom. The van der Waals surface area contributed by atoms with Crippen molar-refractivity contribution in [1.29, 1.82) is 0 Å². The maximum Gasteiger partial charge on any atom is 0.300 e. The van der Waals surface area contributed by atoms with Gasteiger partial charge in [-0.05, 0) is 13.3 Å². The summed E-state index contributed by atoms with van der Waals surface area (Å²) in [5, 5.41) is 5.41. The first kappa shape index (κ1) is 9.97. The molecule has 0 aromatic carbocycles. The van der Waals surface area contributed by atoms with Crippen molar-refractivity contribution in [3.63, 3.8) is 0 Å². The van der Waals surface area contributed by atoms with Crippen molar-refractivity contribution in [3.8, 4) is 0 Å². The second-order valence-corrected chi connectivity index (χ2v) is 3.38. The zero-order chi connectivity index (χ0) is 10.8. The Morgan fingerprint density at radius 2 is 2.53 bits per heavy atom. The molecule has 0 spiro atoms. The van der Waals surface area contributed by atoms with Gasteiger partial charge in [0.25, 0.3) is 5.91 Å². The zero-order valence-electron chi connectivity index (χ0n) is 8.64. The molecule has 82 valence electrons. The molecule has 0 aliphatic carbocycles. The first-order chi connectivity index (χ1) is 7.22. The highest BCUT2D eigenvalue weighted by atomic mass is 16.7. The number of nitrogen functional groups attached to an aromatic ring is 1. The van der Waals surface area contributed by atoms with Crippen LogP contribution in [0.25, 0.3) is 0 Å². The molecule has 2 N–H and O–H groups in total. The van der Waals surface area contributed by atoms with E-state index < -0.39 is 0 Å². The third kappa shape index (κ3) is 1.80. The lowest BCUT2D eigenvalue weighted by molar-refractivity contribution is -0.0771. The molecule has 0 atom stereocenters. The fraction of sp³-hybridized carbons (Fsp3) is 0.556. The van der Waals surface area contributed by atoms with E-state index in [0.29, 0.717) is 25.4 Å². The van der Waals surface area contributed by atoms with E-state index in [1.807, 2.05) is 6.92 Å². The zero-order valence-corrected chi connectivity index (χ0v) is 8.64. The van der Waals surface area contributed by atoms with Crippen LogP contribution >= 0.6 is 0 Å². The van der Waals surface area contributed by atoms with Crippen molar-refractivity contribution in [3.05, 3.63) is 11.9 Å². The normalized spacial score (nSPS) is 15.9. The maximum atomic E-state index is 11.8. The molecular weight excluding hydrogens is 196 g/mol. The Hall–Kier alpha value is -1.56. The summed E-state index contributed by atoms with van der Waals surface area (Å²) < 4.78 is 1.64. The van der Waals surface area contributed by atoms with Gasteiger partial charge in [0.05, 0.1) is 18.8 Å². The molecule has 1 amide bonds. The second-order valence-electron chi connectivity index (χ2n) is 3.38.